The van der Waals surface area contributed by atoms with Crippen molar-refractivity contribution in [2.75, 3.05) is 62.2 Å². The predicted octanol–water partition coefficient (Wildman–Crippen LogP) is 0.133. The normalized spacial score (nSPS) is 14.4. The quantitative estimate of drug-likeness (QED) is 0.467. The van der Waals surface area contributed by atoms with Gasteiger partial charge in [-0.3, -0.25) is 15.0 Å². The molecule has 0 atom stereocenters. The molecule has 0 saturated carbocycles. The summed E-state index contributed by atoms with van der Waals surface area (Å²) in [6.07, 6.45) is 1.62. The summed E-state index contributed by atoms with van der Waals surface area (Å²) < 4.78 is 0. The van der Waals surface area contributed by atoms with Crippen LogP contribution in [-0.2, 0) is 0 Å². The lowest BCUT2D eigenvalue weighted by atomic mass is 10.2. The third kappa shape index (κ3) is 5.23. The van der Waals surface area contributed by atoms with Crippen molar-refractivity contribution in [3.05, 3.63) is 16.4 Å². The van der Waals surface area contributed by atoms with Crippen LogP contribution in [0.2, 0.25) is 0 Å². The standard InChI is InChI=1S/C16H22N8O3/c17-3-1-5-22(6-2-4-18)15-14(24(26)27)16(20-13-19-15)23-9-7-21(8-10-23)11-12-25/h13,25H,1-2,5-12H2. The van der Waals surface area contributed by atoms with Crippen LogP contribution in [0.25, 0.3) is 0 Å². The Hall–Kier alpha value is -3.02. The van der Waals surface area contributed by atoms with Crippen LogP contribution in [0.1, 0.15) is 12.8 Å². The minimum Gasteiger partial charge on any atom is -0.395 e. The Morgan fingerprint density at radius 3 is 2.33 bits per heavy atom. The van der Waals surface area contributed by atoms with E-state index in [0.29, 0.717) is 32.7 Å². The van der Waals surface area contributed by atoms with Crippen molar-refractivity contribution in [2.24, 2.45) is 0 Å². The first-order valence-electron chi connectivity index (χ1n) is 8.68. The summed E-state index contributed by atoms with van der Waals surface area (Å²) in [6.45, 7) is 3.58. The summed E-state index contributed by atoms with van der Waals surface area (Å²) in [5, 5.41) is 38.6. The molecular formula is C16H22N8O3. The summed E-state index contributed by atoms with van der Waals surface area (Å²) in [5.41, 5.74) is -0.205. The molecule has 0 bridgehead atoms. The van der Waals surface area contributed by atoms with Gasteiger partial charge in [0.1, 0.15) is 6.33 Å². The number of aromatic nitrogens is 2. The first kappa shape index (κ1) is 20.3. The second-order valence-corrected chi connectivity index (χ2v) is 5.98. The summed E-state index contributed by atoms with van der Waals surface area (Å²) in [4.78, 5) is 25.0. The zero-order valence-electron chi connectivity index (χ0n) is 15.0. The van der Waals surface area contributed by atoms with Crippen LogP contribution in [0, 0.1) is 32.8 Å². The second kappa shape index (κ2) is 10.2. The number of aliphatic hydroxyl groups excluding tert-OH is 1. The van der Waals surface area contributed by atoms with Crippen molar-refractivity contribution in [1.82, 2.24) is 14.9 Å². The minimum atomic E-state index is -0.503. The number of nitrogens with zero attached hydrogens (tertiary/aromatic N) is 8. The predicted molar refractivity (Wildman–Crippen MR) is 97.1 cm³/mol. The SMILES string of the molecule is N#CCCN(CCC#N)c1ncnc(N2CCN(CCO)CC2)c1[N+](=O)[O-]. The molecule has 0 spiro atoms. The molecule has 2 heterocycles. The Labute approximate surface area is 157 Å². The fraction of sp³-hybridized carbons (Fsp3) is 0.625. The molecule has 144 valence electrons. The van der Waals surface area contributed by atoms with Crippen LogP contribution in [0.15, 0.2) is 6.33 Å². The third-order valence-corrected chi connectivity index (χ3v) is 4.34. The average molecular weight is 374 g/mol. The van der Waals surface area contributed by atoms with E-state index in [1.165, 1.54) is 6.33 Å². The summed E-state index contributed by atoms with van der Waals surface area (Å²) in [7, 11) is 0. The molecule has 1 aliphatic heterocycles. The molecule has 27 heavy (non-hydrogen) atoms. The molecule has 1 saturated heterocycles. The number of hydrogen-bond donors (Lipinski definition) is 1. The van der Waals surface area contributed by atoms with Gasteiger partial charge in [-0.25, -0.2) is 9.97 Å². The summed E-state index contributed by atoms with van der Waals surface area (Å²) in [5.74, 6) is 0.376. The zero-order valence-corrected chi connectivity index (χ0v) is 15.0. The van der Waals surface area contributed by atoms with E-state index in [-0.39, 0.29) is 49.9 Å². The Balaban J connectivity index is 2.31. The van der Waals surface area contributed by atoms with Gasteiger partial charge in [0.15, 0.2) is 0 Å². The molecule has 0 aliphatic carbocycles. The van der Waals surface area contributed by atoms with Crippen LogP contribution in [-0.4, -0.2) is 77.3 Å². The first-order valence-corrected chi connectivity index (χ1v) is 8.68. The fourth-order valence-electron chi connectivity index (χ4n) is 3.00. The molecule has 11 heteroatoms. The van der Waals surface area contributed by atoms with Gasteiger partial charge >= 0.3 is 5.69 Å². The number of β-amino-alcohol motifs (C(OH)–C–C–N with tert-alkyl or cyclic N) is 1. The van der Waals surface area contributed by atoms with Crippen molar-refractivity contribution in [3.8, 4) is 12.1 Å². The molecule has 0 amide bonds. The smallest absolute Gasteiger partial charge is 0.353 e. The van der Waals surface area contributed by atoms with Crippen molar-refractivity contribution >= 4 is 17.3 Å². The van der Waals surface area contributed by atoms with Gasteiger partial charge in [-0.2, -0.15) is 10.5 Å². The Bertz CT molecular complexity index is 703. The van der Waals surface area contributed by atoms with Gasteiger partial charge in [0.05, 0.1) is 36.5 Å². The largest absolute Gasteiger partial charge is 0.395 e. The highest BCUT2D eigenvalue weighted by molar-refractivity contribution is 5.71. The highest BCUT2D eigenvalue weighted by Crippen LogP contribution is 2.34. The van der Waals surface area contributed by atoms with Crippen LogP contribution >= 0.6 is 0 Å². The molecule has 0 unspecified atom stereocenters. The monoisotopic (exact) mass is 374 g/mol. The Morgan fingerprint density at radius 2 is 1.81 bits per heavy atom. The number of piperazine rings is 1. The first-order chi connectivity index (χ1) is 13.1. The van der Waals surface area contributed by atoms with Crippen LogP contribution in [0.5, 0.6) is 0 Å². The van der Waals surface area contributed by atoms with Crippen molar-refractivity contribution in [1.29, 1.82) is 10.5 Å². The third-order valence-electron chi connectivity index (χ3n) is 4.34. The maximum absolute atomic E-state index is 11.8. The van der Waals surface area contributed by atoms with Crippen molar-refractivity contribution in [3.63, 3.8) is 0 Å². The zero-order chi connectivity index (χ0) is 19.6. The van der Waals surface area contributed by atoms with E-state index >= 15 is 0 Å². The number of hydrogen-bond acceptors (Lipinski definition) is 10. The average Bonchev–Trinajstić information content (AvgIpc) is 2.68. The van der Waals surface area contributed by atoms with E-state index in [1.807, 2.05) is 17.0 Å². The van der Waals surface area contributed by atoms with Gasteiger partial charge in [0.2, 0.25) is 11.6 Å². The lowest BCUT2D eigenvalue weighted by molar-refractivity contribution is -0.383. The van der Waals surface area contributed by atoms with E-state index < -0.39 is 4.92 Å². The molecule has 2 rings (SSSR count). The number of nitriles is 2. The molecule has 1 aromatic rings. The molecule has 0 radical (unpaired) electrons. The van der Waals surface area contributed by atoms with Gasteiger partial charge in [0, 0.05) is 45.8 Å². The van der Waals surface area contributed by atoms with E-state index in [1.54, 1.807) is 4.90 Å². The summed E-state index contributed by atoms with van der Waals surface area (Å²) >= 11 is 0. The molecule has 1 N–H and O–H groups in total. The maximum Gasteiger partial charge on any atom is 0.353 e. The molecule has 0 aromatic carbocycles. The number of rotatable bonds is 9. The highest BCUT2D eigenvalue weighted by atomic mass is 16.6. The second-order valence-electron chi connectivity index (χ2n) is 5.98. The van der Waals surface area contributed by atoms with Gasteiger partial charge in [-0.1, -0.05) is 0 Å². The highest BCUT2D eigenvalue weighted by Gasteiger charge is 2.31. The van der Waals surface area contributed by atoms with Gasteiger partial charge in [-0.05, 0) is 0 Å². The molecule has 1 fully saturated rings. The van der Waals surface area contributed by atoms with Crippen molar-refractivity contribution < 1.29 is 10.0 Å². The molecule has 11 nitrogen and oxygen atoms in total. The van der Waals surface area contributed by atoms with E-state index in [0.717, 1.165) is 0 Å². The molecule has 1 aromatic heterocycles. The van der Waals surface area contributed by atoms with Gasteiger partial charge in [0.25, 0.3) is 0 Å². The number of aliphatic hydroxyl groups is 1. The van der Waals surface area contributed by atoms with E-state index in [4.69, 9.17) is 15.6 Å². The van der Waals surface area contributed by atoms with Crippen LogP contribution in [0.3, 0.4) is 0 Å². The van der Waals surface area contributed by atoms with Crippen LogP contribution < -0.4 is 9.80 Å². The van der Waals surface area contributed by atoms with Crippen molar-refractivity contribution in [2.45, 2.75) is 12.8 Å². The summed E-state index contributed by atoms with van der Waals surface area (Å²) in [6, 6.07) is 4.03. The number of nitro groups is 1. The van der Waals surface area contributed by atoms with E-state index in [2.05, 4.69) is 14.9 Å². The fourth-order valence-corrected chi connectivity index (χ4v) is 3.00. The van der Waals surface area contributed by atoms with Crippen LogP contribution in [0.4, 0.5) is 17.3 Å². The lowest BCUT2D eigenvalue weighted by Gasteiger charge is -2.35. The minimum absolute atomic E-state index is 0.0740. The number of anilines is 2. The van der Waals surface area contributed by atoms with E-state index in [9.17, 15) is 10.1 Å². The molecule has 1 aliphatic rings. The Kier molecular flexibility index (Phi) is 7.67. The topological polar surface area (TPSA) is 146 Å². The molecular weight excluding hydrogens is 352 g/mol. The van der Waals surface area contributed by atoms with Gasteiger partial charge < -0.3 is 14.9 Å². The van der Waals surface area contributed by atoms with Gasteiger partial charge in [-0.15, -0.1) is 0 Å². The Morgan fingerprint density at radius 1 is 1.19 bits per heavy atom. The maximum atomic E-state index is 11.8. The lowest BCUT2D eigenvalue weighted by Crippen LogP contribution is -2.47.